The summed E-state index contributed by atoms with van der Waals surface area (Å²) in [6, 6.07) is 12.4. The largest absolute Gasteiger partial charge is 0.332 e. The van der Waals surface area contributed by atoms with Gasteiger partial charge < -0.3 is 15.5 Å². The monoisotopic (exact) mass is 340 g/mol. The van der Waals surface area contributed by atoms with E-state index in [-0.39, 0.29) is 17.2 Å². The molecule has 0 aliphatic heterocycles. The van der Waals surface area contributed by atoms with Gasteiger partial charge in [0.2, 0.25) is 0 Å². The van der Waals surface area contributed by atoms with Gasteiger partial charge in [0.25, 0.3) is 5.91 Å². The molecule has 0 fully saturated rings. The van der Waals surface area contributed by atoms with Crippen LogP contribution in [0, 0.1) is 17.1 Å². The van der Waals surface area contributed by atoms with E-state index in [0.717, 1.165) is 0 Å². The zero-order valence-electron chi connectivity index (χ0n) is 13.8. The topological polar surface area (TPSA) is 85.2 Å². The van der Waals surface area contributed by atoms with E-state index in [0.29, 0.717) is 5.69 Å². The van der Waals surface area contributed by atoms with E-state index in [2.05, 4.69) is 10.6 Å². The van der Waals surface area contributed by atoms with E-state index in [9.17, 15) is 19.2 Å². The van der Waals surface area contributed by atoms with Crippen LogP contribution in [-0.4, -0.2) is 30.9 Å². The summed E-state index contributed by atoms with van der Waals surface area (Å²) in [5.41, 5.74) is 0.773. The number of hydrogen-bond acceptors (Lipinski definition) is 3. The van der Waals surface area contributed by atoms with E-state index in [1.54, 1.807) is 32.3 Å². The molecule has 0 heterocycles. The van der Waals surface area contributed by atoms with Crippen LogP contribution in [0.25, 0.3) is 0 Å². The van der Waals surface area contributed by atoms with E-state index in [1.807, 2.05) is 6.07 Å². The van der Waals surface area contributed by atoms with Crippen molar-refractivity contribution in [1.82, 2.24) is 10.2 Å². The fourth-order valence-electron chi connectivity index (χ4n) is 2.08. The molecule has 0 saturated heterocycles. The van der Waals surface area contributed by atoms with Crippen molar-refractivity contribution in [1.29, 1.82) is 5.26 Å². The third-order valence-electron chi connectivity index (χ3n) is 3.40. The predicted octanol–water partition coefficient (Wildman–Crippen LogP) is 2.91. The molecule has 0 aromatic heterocycles. The fourth-order valence-corrected chi connectivity index (χ4v) is 2.08. The number of halogens is 1. The Morgan fingerprint density at radius 3 is 2.52 bits per heavy atom. The van der Waals surface area contributed by atoms with Gasteiger partial charge in [0.05, 0.1) is 6.07 Å². The number of anilines is 1. The fraction of sp³-hybridized carbons (Fsp3) is 0.167. The van der Waals surface area contributed by atoms with Crippen molar-refractivity contribution in [2.24, 2.45) is 0 Å². The maximum Gasteiger partial charge on any atom is 0.321 e. The molecule has 0 spiro atoms. The number of rotatable bonds is 4. The molecule has 1 unspecified atom stereocenters. The molecular formula is C18H17FN4O2. The molecule has 2 N–H and O–H groups in total. The highest BCUT2D eigenvalue weighted by Gasteiger charge is 2.18. The Hall–Kier alpha value is -3.40. The Morgan fingerprint density at radius 2 is 1.88 bits per heavy atom. The summed E-state index contributed by atoms with van der Waals surface area (Å²) in [5, 5.41) is 14.3. The van der Waals surface area contributed by atoms with Gasteiger partial charge in [0, 0.05) is 30.9 Å². The summed E-state index contributed by atoms with van der Waals surface area (Å²) >= 11 is 0. The first-order valence-electron chi connectivity index (χ1n) is 7.45. The third-order valence-corrected chi connectivity index (χ3v) is 3.40. The molecule has 7 heteroatoms. The lowest BCUT2D eigenvalue weighted by atomic mass is 10.1. The van der Waals surface area contributed by atoms with Crippen molar-refractivity contribution >= 4 is 17.6 Å². The summed E-state index contributed by atoms with van der Waals surface area (Å²) in [5.74, 6) is -1.11. The molecule has 2 aromatic carbocycles. The molecule has 1 atom stereocenters. The second-order valence-electron chi connectivity index (χ2n) is 5.46. The second kappa shape index (κ2) is 7.93. The van der Waals surface area contributed by atoms with Gasteiger partial charge in [0.1, 0.15) is 11.9 Å². The normalized spacial score (nSPS) is 11.1. The molecule has 0 radical (unpaired) electrons. The van der Waals surface area contributed by atoms with Crippen LogP contribution in [-0.2, 0) is 0 Å². The lowest BCUT2D eigenvalue weighted by Crippen LogP contribution is -2.29. The van der Waals surface area contributed by atoms with Crippen molar-refractivity contribution in [3.63, 3.8) is 0 Å². The first kappa shape index (κ1) is 17.9. The Kier molecular flexibility index (Phi) is 5.69. The molecule has 2 aromatic rings. The summed E-state index contributed by atoms with van der Waals surface area (Å²) in [7, 11) is 3.19. The molecule has 128 valence electrons. The maximum atomic E-state index is 13.8. The van der Waals surface area contributed by atoms with E-state index in [1.165, 1.54) is 35.2 Å². The minimum atomic E-state index is -1.12. The van der Waals surface area contributed by atoms with Crippen LogP contribution in [0.3, 0.4) is 0 Å². The maximum absolute atomic E-state index is 13.8. The zero-order chi connectivity index (χ0) is 18.4. The zero-order valence-corrected chi connectivity index (χ0v) is 13.8. The standard InChI is InChI=1S/C18H17FN4O2/c1-23(2)18(25)21-13-7-5-6-12(10-13)17(24)22-16(11-20)14-8-3-4-9-15(14)19/h3-10,16H,1-2H3,(H,21,25)(H,22,24). The van der Waals surface area contributed by atoms with Crippen LogP contribution in [0.1, 0.15) is 22.0 Å². The molecule has 0 aliphatic rings. The Morgan fingerprint density at radius 1 is 1.16 bits per heavy atom. The lowest BCUT2D eigenvalue weighted by molar-refractivity contribution is 0.0944. The molecule has 3 amide bonds. The average molecular weight is 340 g/mol. The number of nitrogens with one attached hydrogen (secondary N) is 2. The second-order valence-corrected chi connectivity index (χ2v) is 5.46. The van der Waals surface area contributed by atoms with Gasteiger partial charge in [0.15, 0.2) is 0 Å². The van der Waals surface area contributed by atoms with Crippen LogP contribution in [0.15, 0.2) is 48.5 Å². The molecule has 6 nitrogen and oxygen atoms in total. The highest BCUT2D eigenvalue weighted by molar-refractivity contribution is 5.97. The highest BCUT2D eigenvalue weighted by Crippen LogP contribution is 2.18. The van der Waals surface area contributed by atoms with E-state index >= 15 is 0 Å². The van der Waals surface area contributed by atoms with Gasteiger partial charge >= 0.3 is 6.03 Å². The van der Waals surface area contributed by atoms with Crippen LogP contribution in [0.5, 0.6) is 0 Å². The van der Waals surface area contributed by atoms with Crippen LogP contribution in [0.4, 0.5) is 14.9 Å². The highest BCUT2D eigenvalue weighted by atomic mass is 19.1. The Bertz CT molecular complexity index is 830. The first-order chi connectivity index (χ1) is 11.9. The first-order valence-corrected chi connectivity index (χ1v) is 7.45. The van der Waals surface area contributed by atoms with Crippen molar-refractivity contribution < 1.29 is 14.0 Å². The SMILES string of the molecule is CN(C)C(=O)Nc1cccc(C(=O)NC(C#N)c2ccccc2F)c1. The van der Waals surface area contributed by atoms with Crippen molar-refractivity contribution in [3.8, 4) is 6.07 Å². The number of hydrogen-bond donors (Lipinski definition) is 2. The smallest absolute Gasteiger partial charge is 0.321 e. The minimum absolute atomic E-state index is 0.0930. The summed E-state index contributed by atoms with van der Waals surface area (Å²) in [6.07, 6.45) is 0. The number of benzene rings is 2. The third kappa shape index (κ3) is 4.54. The summed E-state index contributed by atoms with van der Waals surface area (Å²) in [4.78, 5) is 25.4. The van der Waals surface area contributed by atoms with Crippen LogP contribution in [0.2, 0.25) is 0 Å². The van der Waals surface area contributed by atoms with Crippen LogP contribution >= 0.6 is 0 Å². The van der Waals surface area contributed by atoms with E-state index < -0.39 is 17.8 Å². The lowest BCUT2D eigenvalue weighted by Gasteiger charge is -2.14. The van der Waals surface area contributed by atoms with Gasteiger partial charge in [-0.1, -0.05) is 24.3 Å². The van der Waals surface area contributed by atoms with Crippen molar-refractivity contribution in [3.05, 3.63) is 65.5 Å². The quantitative estimate of drug-likeness (QED) is 0.897. The van der Waals surface area contributed by atoms with Crippen LogP contribution < -0.4 is 10.6 Å². The molecular weight excluding hydrogens is 323 g/mol. The summed E-state index contributed by atoms with van der Waals surface area (Å²) in [6.45, 7) is 0. The predicted molar refractivity (Wildman–Crippen MR) is 91.4 cm³/mol. The minimum Gasteiger partial charge on any atom is -0.332 e. The molecule has 25 heavy (non-hydrogen) atoms. The number of urea groups is 1. The van der Waals surface area contributed by atoms with Gasteiger partial charge in [-0.3, -0.25) is 4.79 Å². The summed E-state index contributed by atoms with van der Waals surface area (Å²) < 4.78 is 13.8. The Labute approximate surface area is 144 Å². The number of nitrogens with zero attached hydrogens (tertiary/aromatic N) is 2. The van der Waals surface area contributed by atoms with E-state index in [4.69, 9.17) is 0 Å². The molecule has 0 saturated carbocycles. The van der Waals surface area contributed by atoms with Gasteiger partial charge in [-0.25, -0.2) is 9.18 Å². The van der Waals surface area contributed by atoms with Gasteiger partial charge in [-0.15, -0.1) is 0 Å². The number of carbonyl (C=O) groups excluding carboxylic acids is 2. The van der Waals surface area contributed by atoms with Gasteiger partial charge in [-0.2, -0.15) is 5.26 Å². The van der Waals surface area contributed by atoms with Gasteiger partial charge in [-0.05, 0) is 24.3 Å². The number of nitriles is 1. The van der Waals surface area contributed by atoms with Crippen molar-refractivity contribution in [2.75, 3.05) is 19.4 Å². The Balaban J connectivity index is 2.16. The number of amides is 3. The average Bonchev–Trinajstić information content (AvgIpc) is 2.60. The molecule has 0 aliphatic carbocycles. The molecule has 2 rings (SSSR count). The van der Waals surface area contributed by atoms with Crippen molar-refractivity contribution in [2.45, 2.75) is 6.04 Å². The molecule has 0 bridgehead atoms. The number of carbonyl (C=O) groups is 2.